The van der Waals surface area contributed by atoms with Gasteiger partial charge in [-0.05, 0) is 5.56 Å². The number of benzene rings is 1. The van der Waals surface area contributed by atoms with Crippen LogP contribution in [0.2, 0.25) is 0 Å². The molecule has 82 valence electrons. The van der Waals surface area contributed by atoms with E-state index in [4.69, 9.17) is 5.41 Å². The average molecular weight is 215 g/mol. The highest BCUT2D eigenvalue weighted by atomic mass is 16.2. The zero-order valence-electron chi connectivity index (χ0n) is 9.45. The van der Waals surface area contributed by atoms with Crippen LogP contribution in [0, 0.1) is 5.41 Å². The van der Waals surface area contributed by atoms with E-state index < -0.39 is 0 Å². The first-order valence-corrected chi connectivity index (χ1v) is 5.26. The Labute approximate surface area is 95.6 Å². The molecule has 1 aliphatic rings. The van der Waals surface area contributed by atoms with Gasteiger partial charge in [0.2, 0.25) is 5.91 Å². The normalized spacial score (nSPS) is 20.8. The first-order chi connectivity index (χ1) is 7.58. The summed E-state index contributed by atoms with van der Waals surface area (Å²) < 4.78 is 0. The predicted octanol–water partition coefficient (Wildman–Crippen LogP) is -0.627. The maximum Gasteiger partial charge on any atom is 0.231 e. The summed E-state index contributed by atoms with van der Waals surface area (Å²) in [7, 11) is 3.63. The number of amides is 1. The van der Waals surface area contributed by atoms with Crippen LogP contribution in [0.3, 0.4) is 0 Å². The van der Waals surface area contributed by atoms with E-state index in [1.165, 1.54) is 4.90 Å². The standard InChI is InChI=1S/C11H14BN3O/c1-15-10(16)6-9(14-11(15)13)7-3-2-4-8(12)5-7/h2-5,9H,6,12H2,1H3,(H2,13,14). The minimum atomic E-state index is -0.0731. The van der Waals surface area contributed by atoms with Gasteiger partial charge in [0.1, 0.15) is 7.85 Å². The Morgan fingerprint density at radius 1 is 1.56 bits per heavy atom. The second kappa shape index (κ2) is 4.00. The molecular formula is C11H14BN3O. The van der Waals surface area contributed by atoms with Crippen molar-refractivity contribution in [2.45, 2.75) is 12.5 Å². The molecule has 1 amide bonds. The van der Waals surface area contributed by atoms with Crippen molar-refractivity contribution in [3.05, 3.63) is 29.8 Å². The highest BCUT2D eigenvalue weighted by molar-refractivity contribution is 6.32. The van der Waals surface area contributed by atoms with Crippen LogP contribution in [-0.4, -0.2) is 31.7 Å². The second-order valence-electron chi connectivity index (χ2n) is 4.12. The minimum absolute atomic E-state index is 0.0183. The van der Waals surface area contributed by atoms with E-state index in [-0.39, 0.29) is 17.9 Å². The average Bonchev–Trinajstić information content (AvgIpc) is 2.25. The van der Waals surface area contributed by atoms with Crippen molar-refractivity contribution in [3.63, 3.8) is 0 Å². The second-order valence-corrected chi connectivity index (χ2v) is 4.12. The third-order valence-electron chi connectivity index (χ3n) is 2.84. The Morgan fingerprint density at radius 3 is 2.94 bits per heavy atom. The van der Waals surface area contributed by atoms with Gasteiger partial charge in [0.25, 0.3) is 0 Å². The molecule has 1 atom stereocenters. The van der Waals surface area contributed by atoms with Gasteiger partial charge in [-0.15, -0.1) is 0 Å². The van der Waals surface area contributed by atoms with Gasteiger partial charge in [-0.2, -0.15) is 0 Å². The van der Waals surface area contributed by atoms with Gasteiger partial charge >= 0.3 is 0 Å². The zero-order valence-corrected chi connectivity index (χ0v) is 9.45. The van der Waals surface area contributed by atoms with Crippen LogP contribution in [-0.2, 0) is 4.79 Å². The van der Waals surface area contributed by atoms with Crippen molar-refractivity contribution in [1.82, 2.24) is 10.2 Å². The van der Waals surface area contributed by atoms with Crippen molar-refractivity contribution in [2.24, 2.45) is 0 Å². The largest absolute Gasteiger partial charge is 0.349 e. The quantitative estimate of drug-likeness (QED) is 0.613. The number of hydrogen-bond donors (Lipinski definition) is 2. The van der Waals surface area contributed by atoms with Gasteiger partial charge in [-0.3, -0.25) is 15.1 Å². The fourth-order valence-corrected chi connectivity index (χ4v) is 1.84. The van der Waals surface area contributed by atoms with Crippen molar-refractivity contribution < 1.29 is 4.79 Å². The van der Waals surface area contributed by atoms with Gasteiger partial charge in [-0.1, -0.05) is 29.7 Å². The molecule has 0 spiro atoms. The third kappa shape index (κ3) is 1.93. The molecule has 2 N–H and O–H groups in total. The van der Waals surface area contributed by atoms with Gasteiger partial charge in [0, 0.05) is 7.05 Å². The number of nitrogens with zero attached hydrogens (tertiary/aromatic N) is 1. The smallest absolute Gasteiger partial charge is 0.231 e. The third-order valence-corrected chi connectivity index (χ3v) is 2.84. The lowest BCUT2D eigenvalue weighted by atomic mass is 9.91. The number of guanidine groups is 1. The summed E-state index contributed by atoms with van der Waals surface area (Å²) in [4.78, 5) is 13.0. The molecule has 5 heteroatoms. The highest BCUT2D eigenvalue weighted by Gasteiger charge is 2.27. The Bertz CT molecular complexity index is 429. The van der Waals surface area contributed by atoms with E-state index in [0.29, 0.717) is 6.42 Å². The number of nitrogens with one attached hydrogen (secondary N) is 2. The van der Waals surface area contributed by atoms with E-state index in [2.05, 4.69) is 5.32 Å². The number of rotatable bonds is 1. The van der Waals surface area contributed by atoms with Gasteiger partial charge in [0.15, 0.2) is 5.96 Å². The molecule has 1 aliphatic heterocycles. The fraction of sp³-hybridized carbons (Fsp3) is 0.273. The molecule has 4 nitrogen and oxygen atoms in total. The molecule has 0 bridgehead atoms. The number of hydrogen-bond acceptors (Lipinski definition) is 2. The van der Waals surface area contributed by atoms with E-state index in [0.717, 1.165) is 11.0 Å². The predicted molar refractivity (Wildman–Crippen MR) is 65.6 cm³/mol. The lowest BCUT2D eigenvalue weighted by Crippen LogP contribution is -2.49. The van der Waals surface area contributed by atoms with Crippen LogP contribution in [0.1, 0.15) is 18.0 Å². The molecule has 1 aromatic rings. The molecule has 0 saturated carbocycles. The lowest BCUT2D eigenvalue weighted by molar-refractivity contribution is -0.128. The molecule has 1 saturated heterocycles. The Kier molecular flexibility index (Phi) is 2.68. The summed E-state index contributed by atoms with van der Waals surface area (Å²) in [6, 6.07) is 7.95. The minimum Gasteiger partial charge on any atom is -0.349 e. The SMILES string of the molecule is Bc1cccc(C2CC(=O)N(C)C(=N)N2)c1. The van der Waals surface area contributed by atoms with Crippen molar-refractivity contribution >= 4 is 25.2 Å². The summed E-state index contributed by atoms with van der Waals surface area (Å²) in [5.41, 5.74) is 2.23. The lowest BCUT2D eigenvalue weighted by Gasteiger charge is -2.31. The molecule has 0 aromatic heterocycles. The van der Waals surface area contributed by atoms with Crippen molar-refractivity contribution in [1.29, 1.82) is 5.41 Å². The molecule has 1 aromatic carbocycles. The first kappa shape index (κ1) is 10.7. The van der Waals surface area contributed by atoms with Crippen molar-refractivity contribution in [2.75, 3.05) is 7.05 Å². The molecule has 1 heterocycles. The molecular weight excluding hydrogens is 201 g/mol. The van der Waals surface area contributed by atoms with Crippen molar-refractivity contribution in [3.8, 4) is 0 Å². The van der Waals surface area contributed by atoms with Crippen LogP contribution in [0.4, 0.5) is 0 Å². The maximum atomic E-state index is 11.6. The van der Waals surface area contributed by atoms with E-state index in [9.17, 15) is 4.79 Å². The summed E-state index contributed by atoms with van der Waals surface area (Å²) in [6.07, 6.45) is 0.405. The molecule has 16 heavy (non-hydrogen) atoms. The molecule has 1 unspecified atom stereocenters. The topological polar surface area (TPSA) is 56.2 Å². The fourth-order valence-electron chi connectivity index (χ4n) is 1.84. The molecule has 0 aliphatic carbocycles. The summed E-state index contributed by atoms with van der Waals surface area (Å²) in [5.74, 6) is 0.151. The van der Waals surface area contributed by atoms with Crippen LogP contribution >= 0.6 is 0 Å². The van der Waals surface area contributed by atoms with E-state index >= 15 is 0 Å². The van der Waals surface area contributed by atoms with Gasteiger partial charge in [0.05, 0.1) is 12.5 Å². The Hall–Kier alpha value is -1.78. The maximum absolute atomic E-state index is 11.6. The van der Waals surface area contributed by atoms with E-state index in [1.807, 2.05) is 32.1 Å². The van der Waals surface area contributed by atoms with Crippen LogP contribution in [0.5, 0.6) is 0 Å². The van der Waals surface area contributed by atoms with Crippen LogP contribution in [0.15, 0.2) is 24.3 Å². The molecule has 0 radical (unpaired) electrons. The highest BCUT2D eigenvalue weighted by Crippen LogP contribution is 2.20. The molecule has 1 fully saturated rings. The van der Waals surface area contributed by atoms with Gasteiger partial charge < -0.3 is 5.32 Å². The zero-order chi connectivity index (χ0) is 11.7. The monoisotopic (exact) mass is 215 g/mol. The van der Waals surface area contributed by atoms with Gasteiger partial charge in [-0.25, -0.2) is 0 Å². The number of carbonyl (C=O) groups excluding carboxylic acids is 1. The first-order valence-electron chi connectivity index (χ1n) is 5.26. The Balaban J connectivity index is 2.23. The summed E-state index contributed by atoms with van der Waals surface area (Å²) >= 11 is 0. The molecule has 2 rings (SSSR count). The van der Waals surface area contributed by atoms with Crippen LogP contribution in [0.25, 0.3) is 0 Å². The van der Waals surface area contributed by atoms with Crippen LogP contribution < -0.4 is 10.8 Å². The Morgan fingerprint density at radius 2 is 2.31 bits per heavy atom. The summed E-state index contributed by atoms with van der Waals surface area (Å²) in [5, 5.41) is 10.7. The number of carbonyl (C=O) groups is 1. The van der Waals surface area contributed by atoms with E-state index in [1.54, 1.807) is 7.05 Å². The summed E-state index contributed by atoms with van der Waals surface area (Å²) in [6.45, 7) is 0.